The Labute approximate surface area is 161 Å². The van der Waals surface area contributed by atoms with Gasteiger partial charge >= 0.3 is 17.9 Å². The number of rotatable bonds is 10. The van der Waals surface area contributed by atoms with Crippen molar-refractivity contribution in [2.24, 2.45) is 11.8 Å². The molecule has 0 saturated carbocycles. The summed E-state index contributed by atoms with van der Waals surface area (Å²) in [6.45, 7) is 9.56. The highest BCUT2D eigenvalue weighted by molar-refractivity contribution is 5.86. The molecule has 0 aliphatic rings. The van der Waals surface area contributed by atoms with Crippen LogP contribution >= 0.6 is 0 Å². The molecule has 0 fully saturated rings. The molecule has 6 nitrogen and oxygen atoms in total. The van der Waals surface area contributed by atoms with E-state index in [1.807, 2.05) is 19.9 Å². The van der Waals surface area contributed by atoms with Crippen LogP contribution in [0.2, 0.25) is 0 Å². The van der Waals surface area contributed by atoms with Crippen LogP contribution in [0.5, 0.6) is 0 Å². The van der Waals surface area contributed by atoms with Crippen molar-refractivity contribution >= 4 is 17.9 Å². The van der Waals surface area contributed by atoms with Crippen molar-refractivity contribution in [2.75, 3.05) is 13.2 Å². The van der Waals surface area contributed by atoms with E-state index in [1.54, 1.807) is 45.0 Å². The highest BCUT2D eigenvalue weighted by Crippen LogP contribution is 2.23. The van der Waals surface area contributed by atoms with Gasteiger partial charge in [0.05, 0.1) is 25.6 Å². The van der Waals surface area contributed by atoms with Gasteiger partial charge in [0.2, 0.25) is 6.10 Å². The summed E-state index contributed by atoms with van der Waals surface area (Å²) < 4.78 is 15.6. The van der Waals surface area contributed by atoms with E-state index >= 15 is 0 Å². The van der Waals surface area contributed by atoms with Gasteiger partial charge in [0.15, 0.2) is 0 Å². The van der Waals surface area contributed by atoms with Gasteiger partial charge < -0.3 is 14.2 Å². The van der Waals surface area contributed by atoms with Crippen molar-refractivity contribution in [3.8, 4) is 0 Å². The molecular weight excluding hydrogens is 348 g/mol. The Bertz CT molecular complexity index is 608. The molecule has 0 radical (unpaired) electrons. The van der Waals surface area contributed by atoms with Crippen LogP contribution in [0.25, 0.3) is 0 Å². The summed E-state index contributed by atoms with van der Waals surface area (Å²) >= 11 is 0. The normalized spacial score (nSPS) is 13.1. The Hall–Kier alpha value is -2.37. The maximum atomic E-state index is 12.5. The number of carbonyl (C=O) groups excluding carboxylic acids is 3. The molecule has 1 aromatic carbocycles. The van der Waals surface area contributed by atoms with Crippen LogP contribution < -0.4 is 0 Å². The summed E-state index contributed by atoms with van der Waals surface area (Å²) in [4.78, 5) is 37.0. The summed E-state index contributed by atoms with van der Waals surface area (Å²) in [6, 6.07) is 8.94. The fourth-order valence-corrected chi connectivity index (χ4v) is 2.41. The number of hydrogen-bond acceptors (Lipinski definition) is 6. The third-order valence-corrected chi connectivity index (χ3v) is 3.80. The van der Waals surface area contributed by atoms with E-state index in [2.05, 4.69) is 0 Å². The zero-order chi connectivity index (χ0) is 20.4. The van der Waals surface area contributed by atoms with Crippen molar-refractivity contribution in [1.82, 2.24) is 0 Å². The molecule has 27 heavy (non-hydrogen) atoms. The van der Waals surface area contributed by atoms with Gasteiger partial charge in [-0.05, 0) is 18.4 Å². The number of esters is 3. The van der Waals surface area contributed by atoms with Crippen molar-refractivity contribution in [3.63, 3.8) is 0 Å². The van der Waals surface area contributed by atoms with Crippen LogP contribution in [0.15, 0.2) is 30.3 Å². The second kappa shape index (κ2) is 11.4. The zero-order valence-corrected chi connectivity index (χ0v) is 16.8. The first-order chi connectivity index (χ1) is 12.8. The van der Waals surface area contributed by atoms with Gasteiger partial charge in [0, 0.05) is 5.92 Å². The fourth-order valence-electron chi connectivity index (χ4n) is 2.41. The van der Waals surface area contributed by atoms with Crippen LogP contribution in [0.4, 0.5) is 0 Å². The molecule has 0 aliphatic carbocycles. The first-order valence-corrected chi connectivity index (χ1v) is 9.33. The Morgan fingerprint density at radius 2 is 1.56 bits per heavy atom. The molecule has 150 valence electrons. The standard InChI is InChI=1S/C21H30O6/c1-6-25-21(24)19(15(4)5)27-18(22)12-17(16-10-8-7-9-11-16)20(23)26-13-14(2)3/h7-11,14-15,17,19H,6,12-13H2,1-5H3. The molecule has 0 N–H and O–H groups in total. The van der Waals surface area contributed by atoms with Gasteiger partial charge in [-0.25, -0.2) is 4.79 Å². The van der Waals surface area contributed by atoms with Crippen LogP contribution in [0.1, 0.15) is 52.5 Å². The molecule has 2 unspecified atom stereocenters. The van der Waals surface area contributed by atoms with Gasteiger partial charge in [-0.2, -0.15) is 0 Å². The predicted molar refractivity (Wildman–Crippen MR) is 101 cm³/mol. The Kier molecular flexibility index (Phi) is 9.54. The maximum absolute atomic E-state index is 12.5. The van der Waals surface area contributed by atoms with E-state index in [1.165, 1.54) is 0 Å². The molecule has 6 heteroatoms. The average Bonchev–Trinajstić information content (AvgIpc) is 2.62. The third kappa shape index (κ3) is 7.81. The van der Waals surface area contributed by atoms with Crippen LogP contribution in [-0.2, 0) is 28.6 Å². The first kappa shape index (κ1) is 22.7. The van der Waals surface area contributed by atoms with Gasteiger partial charge in [-0.1, -0.05) is 58.0 Å². The molecule has 0 aromatic heterocycles. The van der Waals surface area contributed by atoms with Gasteiger partial charge in [0.1, 0.15) is 0 Å². The molecule has 0 bridgehead atoms. The van der Waals surface area contributed by atoms with Crippen molar-refractivity contribution < 1.29 is 28.6 Å². The lowest BCUT2D eigenvalue weighted by Crippen LogP contribution is -2.34. The predicted octanol–water partition coefficient (Wildman–Crippen LogP) is 3.49. The van der Waals surface area contributed by atoms with Gasteiger partial charge in [-0.15, -0.1) is 0 Å². The second-order valence-corrected chi connectivity index (χ2v) is 7.10. The molecule has 0 amide bonds. The summed E-state index contributed by atoms with van der Waals surface area (Å²) in [5.74, 6) is -2.55. The van der Waals surface area contributed by atoms with Crippen molar-refractivity contribution in [1.29, 1.82) is 0 Å². The molecule has 0 spiro atoms. The molecule has 0 aliphatic heterocycles. The highest BCUT2D eigenvalue weighted by atomic mass is 16.6. The number of hydrogen-bond donors (Lipinski definition) is 0. The lowest BCUT2D eigenvalue weighted by atomic mass is 9.95. The minimum atomic E-state index is -0.999. The smallest absolute Gasteiger partial charge is 0.347 e. The van der Waals surface area contributed by atoms with E-state index in [9.17, 15) is 14.4 Å². The largest absolute Gasteiger partial charge is 0.465 e. The SMILES string of the molecule is CCOC(=O)C(OC(=O)CC(C(=O)OCC(C)C)c1ccccc1)C(C)C. The molecule has 2 atom stereocenters. The van der Waals surface area contributed by atoms with E-state index in [4.69, 9.17) is 14.2 Å². The quantitative estimate of drug-likeness (QED) is 0.458. The Morgan fingerprint density at radius 1 is 0.926 bits per heavy atom. The Balaban J connectivity index is 2.89. The molecule has 1 rings (SSSR count). The van der Waals surface area contributed by atoms with E-state index < -0.39 is 29.9 Å². The van der Waals surface area contributed by atoms with Crippen molar-refractivity contribution in [3.05, 3.63) is 35.9 Å². The molecule has 0 heterocycles. The van der Waals surface area contributed by atoms with E-state index in [0.717, 1.165) is 0 Å². The minimum Gasteiger partial charge on any atom is -0.465 e. The zero-order valence-electron chi connectivity index (χ0n) is 16.8. The van der Waals surface area contributed by atoms with Crippen LogP contribution in [-0.4, -0.2) is 37.2 Å². The highest BCUT2D eigenvalue weighted by Gasteiger charge is 2.31. The first-order valence-electron chi connectivity index (χ1n) is 9.33. The lowest BCUT2D eigenvalue weighted by molar-refractivity contribution is -0.171. The summed E-state index contributed by atoms with van der Waals surface area (Å²) in [5, 5.41) is 0. The third-order valence-electron chi connectivity index (χ3n) is 3.80. The second-order valence-electron chi connectivity index (χ2n) is 7.10. The van der Waals surface area contributed by atoms with Crippen LogP contribution in [0, 0.1) is 11.8 Å². The minimum absolute atomic E-state index is 0.187. The maximum Gasteiger partial charge on any atom is 0.347 e. The summed E-state index contributed by atoms with van der Waals surface area (Å²) in [5.41, 5.74) is 0.667. The molecule has 1 aromatic rings. The summed E-state index contributed by atoms with van der Waals surface area (Å²) in [7, 11) is 0. The van der Waals surface area contributed by atoms with Crippen molar-refractivity contribution in [2.45, 2.75) is 53.1 Å². The topological polar surface area (TPSA) is 78.9 Å². The van der Waals surface area contributed by atoms with E-state index in [0.29, 0.717) is 5.56 Å². The molecule has 0 saturated heterocycles. The fraction of sp³-hybridized carbons (Fsp3) is 0.571. The average molecular weight is 378 g/mol. The van der Waals surface area contributed by atoms with Crippen LogP contribution in [0.3, 0.4) is 0 Å². The number of carbonyl (C=O) groups is 3. The number of ether oxygens (including phenoxy) is 3. The van der Waals surface area contributed by atoms with E-state index in [-0.39, 0.29) is 31.5 Å². The molecular formula is C21H30O6. The summed E-state index contributed by atoms with van der Waals surface area (Å²) in [6.07, 6.45) is -1.20. The Morgan fingerprint density at radius 3 is 2.07 bits per heavy atom. The number of benzene rings is 1. The van der Waals surface area contributed by atoms with Gasteiger partial charge in [-0.3, -0.25) is 9.59 Å². The monoisotopic (exact) mass is 378 g/mol. The lowest BCUT2D eigenvalue weighted by Gasteiger charge is -2.21. The van der Waals surface area contributed by atoms with Gasteiger partial charge in [0.25, 0.3) is 0 Å².